The number of benzene rings is 1. The van der Waals surface area contributed by atoms with Crippen molar-refractivity contribution in [3.05, 3.63) is 22.8 Å². The van der Waals surface area contributed by atoms with Crippen LogP contribution in [0.2, 0.25) is 0 Å². The topological polar surface area (TPSA) is 108 Å². The van der Waals surface area contributed by atoms with Gasteiger partial charge in [0.1, 0.15) is 11.4 Å². The van der Waals surface area contributed by atoms with E-state index in [0.29, 0.717) is 26.2 Å². The molecule has 2 aliphatic rings. The number of nitrogens with one attached hydrogen (secondary N) is 1. The minimum atomic E-state index is -1.55. The molecule has 1 aromatic carbocycles. The monoisotopic (exact) mass is 352 g/mol. The van der Waals surface area contributed by atoms with Crippen LogP contribution in [-0.2, 0) is 11.2 Å². The third-order valence-corrected chi connectivity index (χ3v) is 4.40. The van der Waals surface area contributed by atoms with E-state index in [-0.39, 0.29) is 35.5 Å². The molecule has 0 saturated carbocycles. The van der Waals surface area contributed by atoms with Gasteiger partial charge in [-0.15, -0.1) is 0 Å². The fourth-order valence-electron chi connectivity index (χ4n) is 3.19. The van der Waals surface area contributed by atoms with E-state index in [1.54, 1.807) is 4.90 Å². The number of fused-ring (bicyclic) bond motifs is 1. The van der Waals surface area contributed by atoms with Crippen molar-refractivity contribution in [2.45, 2.75) is 6.42 Å². The average Bonchev–Trinajstić information content (AvgIpc) is 2.59. The molecule has 3 rings (SSSR count). The molecule has 1 unspecified atom stereocenters. The van der Waals surface area contributed by atoms with Crippen LogP contribution in [0.4, 0.5) is 20.2 Å². The van der Waals surface area contributed by atoms with Gasteiger partial charge in [-0.25, -0.2) is 8.78 Å². The van der Waals surface area contributed by atoms with E-state index in [0.717, 1.165) is 6.21 Å². The minimum absolute atomic E-state index is 0.0128. The van der Waals surface area contributed by atoms with Gasteiger partial charge in [-0.2, -0.15) is 0 Å². The number of nitrogens with two attached hydrogens (primary N) is 1. The summed E-state index contributed by atoms with van der Waals surface area (Å²) in [7, 11) is 0. The maximum Gasteiger partial charge on any atom is 0.319 e. The Bertz CT molecular complexity index is 760. The summed E-state index contributed by atoms with van der Waals surface area (Å²) in [4.78, 5) is 29.1. The van der Waals surface area contributed by atoms with Gasteiger partial charge in [0, 0.05) is 38.0 Å². The Labute approximate surface area is 142 Å². The summed E-state index contributed by atoms with van der Waals surface area (Å²) in [5.74, 6) is -5.63. The molecule has 2 aliphatic heterocycles. The first-order chi connectivity index (χ1) is 12.0. The van der Waals surface area contributed by atoms with Gasteiger partial charge >= 0.3 is 5.97 Å². The van der Waals surface area contributed by atoms with Gasteiger partial charge in [0.2, 0.25) is 0 Å². The molecule has 1 aromatic rings. The molecule has 9 heteroatoms. The number of carbonyl (C=O) groups is 2. The normalized spacial score (nSPS) is 19.9. The molecule has 0 bridgehead atoms. The van der Waals surface area contributed by atoms with E-state index in [2.05, 4.69) is 10.3 Å². The number of aliphatic imine (C=N–C) groups is 1. The van der Waals surface area contributed by atoms with Gasteiger partial charge in [0.25, 0.3) is 0 Å². The van der Waals surface area contributed by atoms with E-state index < -0.39 is 29.3 Å². The largest absolute Gasteiger partial charge is 0.480 e. The Hall–Kier alpha value is -2.39. The molecule has 0 radical (unpaired) electrons. The third kappa shape index (κ3) is 2.89. The van der Waals surface area contributed by atoms with E-state index in [4.69, 9.17) is 10.8 Å². The molecule has 0 aliphatic carbocycles. The van der Waals surface area contributed by atoms with Crippen LogP contribution >= 0.6 is 0 Å². The number of ketones is 1. The summed E-state index contributed by atoms with van der Waals surface area (Å²) < 4.78 is 30.1. The number of Topliss-reactive ketones (excluding diaryl/α,β-unsaturated/α-hetero) is 1. The Kier molecular flexibility index (Phi) is 4.78. The van der Waals surface area contributed by atoms with Crippen LogP contribution in [0.3, 0.4) is 0 Å². The van der Waals surface area contributed by atoms with Crippen LogP contribution in [0, 0.1) is 17.6 Å². The molecule has 25 heavy (non-hydrogen) atoms. The lowest BCUT2D eigenvalue weighted by atomic mass is 9.88. The lowest BCUT2D eigenvalue weighted by molar-refractivity contribution is -0.137. The summed E-state index contributed by atoms with van der Waals surface area (Å²) in [5.41, 5.74) is 4.60. The second-order valence-corrected chi connectivity index (χ2v) is 5.91. The number of aliphatic carboxylic acids is 1. The fourth-order valence-corrected chi connectivity index (χ4v) is 3.19. The lowest BCUT2D eigenvalue weighted by Gasteiger charge is -2.32. The van der Waals surface area contributed by atoms with Crippen molar-refractivity contribution in [3.8, 4) is 0 Å². The zero-order valence-electron chi connectivity index (χ0n) is 13.4. The van der Waals surface area contributed by atoms with Crippen LogP contribution < -0.4 is 16.0 Å². The van der Waals surface area contributed by atoms with Gasteiger partial charge in [-0.1, -0.05) is 0 Å². The maximum absolute atomic E-state index is 15.1. The molecular weight excluding hydrogens is 334 g/mol. The van der Waals surface area contributed by atoms with E-state index in [1.807, 2.05) is 0 Å². The molecular formula is C16H18F2N4O3. The van der Waals surface area contributed by atoms with Crippen molar-refractivity contribution >= 4 is 29.3 Å². The molecule has 7 nitrogen and oxygen atoms in total. The minimum Gasteiger partial charge on any atom is -0.480 e. The number of carboxylic acids is 1. The Morgan fingerprint density at radius 1 is 1.36 bits per heavy atom. The van der Waals surface area contributed by atoms with Gasteiger partial charge in [0.15, 0.2) is 23.3 Å². The van der Waals surface area contributed by atoms with E-state index in [9.17, 15) is 14.0 Å². The Morgan fingerprint density at radius 2 is 2.04 bits per heavy atom. The zero-order chi connectivity index (χ0) is 18.1. The summed E-state index contributed by atoms with van der Waals surface area (Å²) in [6.07, 6.45) is 0.878. The fraction of sp³-hybridized carbons (Fsp3) is 0.438. The highest BCUT2D eigenvalue weighted by molar-refractivity contribution is 6.22. The number of rotatable bonds is 4. The number of piperazine rings is 1. The molecule has 134 valence electrons. The van der Waals surface area contributed by atoms with Gasteiger partial charge in [-0.05, 0) is 13.0 Å². The van der Waals surface area contributed by atoms with Gasteiger partial charge in [0.05, 0.1) is 5.56 Å². The highest BCUT2D eigenvalue weighted by atomic mass is 19.1. The first-order valence-electron chi connectivity index (χ1n) is 7.98. The van der Waals surface area contributed by atoms with E-state index >= 15 is 4.39 Å². The highest BCUT2D eigenvalue weighted by Gasteiger charge is 2.37. The summed E-state index contributed by atoms with van der Waals surface area (Å²) >= 11 is 0. The lowest BCUT2D eigenvalue weighted by Crippen LogP contribution is -2.44. The zero-order valence-corrected chi connectivity index (χ0v) is 13.4. The number of carboxylic acid groups (broad SMARTS) is 1. The second-order valence-electron chi connectivity index (χ2n) is 5.91. The number of anilines is 1. The quantitative estimate of drug-likeness (QED) is 0.680. The number of nitrogens with zero attached hydrogens (tertiary/aromatic N) is 2. The summed E-state index contributed by atoms with van der Waals surface area (Å²) in [5, 5.41) is 12.2. The van der Waals surface area contributed by atoms with Crippen molar-refractivity contribution in [2.75, 3.05) is 37.6 Å². The first-order valence-corrected chi connectivity index (χ1v) is 7.98. The second kappa shape index (κ2) is 6.85. The van der Waals surface area contributed by atoms with Crippen LogP contribution in [0.15, 0.2) is 4.99 Å². The molecule has 2 heterocycles. The maximum atomic E-state index is 15.1. The molecule has 0 amide bonds. The van der Waals surface area contributed by atoms with Gasteiger partial charge < -0.3 is 21.1 Å². The van der Waals surface area contributed by atoms with Gasteiger partial charge in [-0.3, -0.25) is 14.6 Å². The molecule has 1 saturated heterocycles. The van der Waals surface area contributed by atoms with Crippen LogP contribution in [-0.4, -0.2) is 55.8 Å². The predicted molar refractivity (Wildman–Crippen MR) is 87.8 cm³/mol. The highest BCUT2D eigenvalue weighted by Crippen LogP contribution is 2.40. The molecule has 1 fully saturated rings. The SMILES string of the molecule is NCCc1c(F)c(N2CCNCC2)c(F)c2c1C(=O)C(C(=O)O)C=N2. The third-order valence-electron chi connectivity index (χ3n) is 4.40. The smallest absolute Gasteiger partial charge is 0.319 e. The van der Waals surface area contributed by atoms with E-state index in [1.165, 1.54) is 0 Å². The molecule has 1 atom stereocenters. The van der Waals surface area contributed by atoms with Crippen molar-refractivity contribution in [1.29, 1.82) is 0 Å². The number of hydrogen-bond donors (Lipinski definition) is 3. The average molecular weight is 352 g/mol. The Balaban J connectivity index is 2.21. The van der Waals surface area contributed by atoms with Crippen molar-refractivity contribution in [1.82, 2.24) is 5.32 Å². The molecule has 4 N–H and O–H groups in total. The van der Waals surface area contributed by atoms with Crippen LogP contribution in [0.25, 0.3) is 0 Å². The number of hydrogen-bond acceptors (Lipinski definition) is 6. The van der Waals surface area contributed by atoms with Crippen LogP contribution in [0.5, 0.6) is 0 Å². The predicted octanol–water partition coefficient (Wildman–Crippen LogP) is 0.475. The first kappa shape index (κ1) is 17.4. The summed E-state index contributed by atoms with van der Waals surface area (Å²) in [6, 6.07) is 0. The Morgan fingerprint density at radius 3 is 2.64 bits per heavy atom. The van der Waals surface area contributed by atoms with Crippen LogP contribution in [0.1, 0.15) is 15.9 Å². The summed E-state index contributed by atoms with van der Waals surface area (Å²) in [6.45, 7) is 2.00. The molecule has 0 spiro atoms. The van der Waals surface area contributed by atoms with Crippen molar-refractivity contribution in [3.63, 3.8) is 0 Å². The number of carbonyl (C=O) groups excluding carboxylic acids is 1. The molecule has 0 aromatic heterocycles. The number of halogens is 2. The van der Waals surface area contributed by atoms with Crippen molar-refractivity contribution in [2.24, 2.45) is 16.6 Å². The standard InChI is InChI=1S/C16H18F2N4O3/c17-11-8(1-2-19)10-13(21-7-9(15(10)23)16(24)25)12(18)14(11)22-5-3-20-4-6-22/h7,9,20H,1-6,19H2,(H,24,25). The van der Waals surface area contributed by atoms with Crippen molar-refractivity contribution < 1.29 is 23.5 Å².